The van der Waals surface area contributed by atoms with Crippen molar-refractivity contribution < 1.29 is 24.2 Å². The van der Waals surface area contributed by atoms with Gasteiger partial charge in [-0.3, -0.25) is 4.79 Å². The molecule has 0 rings (SSSR count). The Morgan fingerprint density at radius 3 is 2.84 bits per heavy atom. The monoisotopic (exact) mass is 277 g/mol. The van der Waals surface area contributed by atoms with Crippen LogP contribution in [-0.4, -0.2) is 58.4 Å². The van der Waals surface area contributed by atoms with Crippen LogP contribution in [-0.2, 0) is 19.1 Å². The van der Waals surface area contributed by atoms with Crippen molar-refractivity contribution in [2.75, 3.05) is 40.0 Å². The number of unbranched alkanes of at least 4 members (excludes halogenated alkanes) is 1. The second kappa shape index (κ2) is 11.9. The van der Waals surface area contributed by atoms with Crippen LogP contribution in [0.15, 0.2) is 0 Å². The fraction of sp³-hybridized carbons (Fsp3) is 0.833. The summed E-state index contributed by atoms with van der Waals surface area (Å²) < 4.78 is 16.6. The number of rotatable bonds is 12. The summed E-state index contributed by atoms with van der Waals surface area (Å²) in [6, 6.07) is 0. The minimum atomic E-state index is -0.539. The Kier molecular flexibility index (Phi) is 9.93. The van der Waals surface area contributed by atoms with Gasteiger partial charge in [0.15, 0.2) is 0 Å². The highest BCUT2D eigenvalue weighted by atomic mass is 16.6. The van der Waals surface area contributed by atoms with E-state index < -0.39 is 5.97 Å². The van der Waals surface area contributed by atoms with E-state index in [0.717, 1.165) is 19.3 Å². The van der Waals surface area contributed by atoms with Gasteiger partial charge in [-0.25, -0.2) is 4.79 Å². The lowest BCUT2D eigenvalue weighted by molar-refractivity contribution is -0.151. The number of ether oxygens (including phenoxy) is 2. The molecule has 0 radical (unpaired) electrons. The molecule has 0 fully saturated rings. The largest absolute Gasteiger partial charge is 0.464 e. The standard InChI is InChI=1S/C12H24N2O5/c1-14-11(16)8-18-9-12(17)19-7-10(6-15)4-2-3-5-13/h10,15H,2-9,13H2,1H3,(H,14,16)/i15D. The predicted octanol–water partition coefficient (Wildman–Crippen LogP) is -0.970. The van der Waals surface area contributed by atoms with E-state index in [2.05, 4.69) is 10.4 Å². The normalized spacial score (nSPS) is 12.6. The first-order chi connectivity index (χ1) is 9.63. The van der Waals surface area contributed by atoms with Gasteiger partial charge in [0.1, 0.15) is 13.2 Å². The van der Waals surface area contributed by atoms with Crippen molar-refractivity contribution in [1.82, 2.24) is 5.32 Å². The van der Waals surface area contributed by atoms with Crippen LogP contribution in [0.3, 0.4) is 0 Å². The maximum absolute atomic E-state index is 11.4. The van der Waals surface area contributed by atoms with E-state index in [1.54, 1.807) is 0 Å². The molecule has 0 aromatic heterocycles. The minimum absolute atomic E-state index is 0.0260. The molecule has 0 aliphatic carbocycles. The maximum atomic E-state index is 11.4. The molecule has 1 unspecified atom stereocenters. The van der Waals surface area contributed by atoms with E-state index in [4.69, 9.17) is 16.6 Å². The smallest absolute Gasteiger partial charge is 0.332 e. The van der Waals surface area contributed by atoms with Crippen LogP contribution in [0.4, 0.5) is 0 Å². The quantitative estimate of drug-likeness (QED) is 0.313. The molecule has 112 valence electrons. The molecule has 0 saturated heterocycles. The van der Waals surface area contributed by atoms with Crippen molar-refractivity contribution in [2.24, 2.45) is 11.7 Å². The Bertz CT molecular complexity index is 279. The zero-order valence-electron chi connectivity index (χ0n) is 12.4. The van der Waals surface area contributed by atoms with Gasteiger partial charge >= 0.3 is 5.97 Å². The molecule has 0 aliphatic rings. The number of nitrogens with one attached hydrogen (secondary N) is 1. The van der Waals surface area contributed by atoms with Gasteiger partial charge in [-0.15, -0.1) is 0 Å². The minimum Gasteiger partial charge on any atom is -0.464 e. The van der Waals surface area contributed by atoms with Crippen LogP contribution in [0.5, 0.6) is 0 Å². The fourth-order valence-corrected chi connectivity index (χ4v) is 1.34. The van der Waals surface area contributed by atoms with E-state index in [0.29, 0.717) is 6.54 Å². The molecule has 19 heavy (non-hydrogen) atoms. The van der Waals surface area contributed by atoms with Crippen molar-refractivity contribution in [3.63, 3.8) is 0 Å². The van der Waals surface area contributed by atoms with Crippen LogP contribution < -0.4 is 11.1 Å². The van der Waals surface area contributed by atoms with Crippen molar-refractivity contribution in [2.45, 2.75) is 19.3 Å². The Morgan fingerprint density at radius 2 is 2.21 bits per heavy atom. The summed E-state index contributed by atoms with van der Waals surface area (Å²) >= 11 is 0. The molecule has 1 atom stereocenters. The highest BCUT2D eigenvalue weighted by molar-refractivity contribution is 5.77. The average Bonchev–Trinajstić information content (AvgIpc) is 2.44. The van der Waals surface area contributed by atoms with Crippen LogP contribution in [0.1, 0.15) is 19.3 Å². The van der Waals surface area contributed by atoms with Crippen LogP contribution >= 0.6 is 0 Å². The number of aliphatic hydroxyl groups excluding tert-OH is 1. The summed E-state index contributed by atoms with van der Waals surface area (Å²) in [5.41, 5.74) is 5.40. The zero-order chi connectivity index (χ0) is 15.2. The topological polar surface area (TPSA) is 111 Å². The fourth-order valence-electron chi connectivity index (χ4n) is 1.34. The van der Waals surface area contributed by atoms with E-state index in [9.17, 15) is 9.59 Å². The first-order valence-electron chi connectivity index (χ1n) is 6.77. The molecular formula is C12H24N2O5. The summed E-state index contributed by atoms with van der Waals surface area (Å²) in [4.78, 5) is 22.2. The number of hydrogen-bond acceptors (Lipinski definition) is 6. The summed E-state index contributed by atoms with van der Waals surface area (Å²) in [5.74, 6) is -0.871. The lowest BCUT2D eigenvalue weighted by Gasteiger charge is -2.14. The van der Waals surface area contributed by atoms with Gasteiger partial charge in [0, 0.05) is 19.6 Å². The second-order valence-electron chi connectivity index (χ2n) is 4.17. The Morgan fingerprint density at radius 1 is 1.42 bits per heavy atom. The average molecular weight is 277 g/mol. The molecule has 7 nitrogen and oxygen atoms in total. The third kappa shape index (κ3) is 10.4. The van der Waals surface area contributed by atoms with Crippen molar-refractivity contribution >= 4 is 11.9 Å². The van der Waals surface area contributed by atoms with Gasteiger partial charge in [-0.2, -0.15) is 0 Å². The van der Waals surface area contributed by atoms with E-state index in [1.807, 2.05) is 0 Å². The molecule has 0 saturated carbocycles. The van der Waals surface area contributed by atoms with E-state index in [-0.39, 0.29) is 38.3 Å². The second-order valence-corrected chi connectivity index (χ2v) is 4.17. The highest BCUT2D eigenvalue weighted by Crippen LogP contribution is 2.08. The number of aliphatic hydroxyl groups is 1. The third-order valence-corrected chi connectivity index (χ3v) is 2.51. The van der Waals surface area contributed by atoms with Crippen molar-refractivity contribution in [3.05, 3.63) is 0 Å². The van der Waals surface area contributed by atoms with Gasteiger partial charge in [-0.1, -0.05) is 6.42 Å². The first-order valence-corrected chi connectivity index (χ1v) is 6.36. The van der Waals surface area contributed by atoms with Crippen LogP contribution in [0.25, 0.3) is 0 Å². The van der Waals surface area contributed by atoms with Gasteiger partial charge < -0.3 is 25.6 Å². The Balaban J connectivity index is 3.77. The molecule has 1 amide bonds. The van der Waals surface area contributed by atoms with Crippen LogP contribution in [0, 0.1) is 5.92 Å². The lowest BCUT2D eigenvalue weighted by atomic mass is 10.0. The summed E-state index contributed by atoms with van der Waals surface area (Å²) in [6.45, 7) is 0.538. The molecular weight excluding hydrogens is 252 g/mol. The summed E-state index contributed by atoms with van der Waals surface area (Å²) in [6.07, 6.45) is 2.56. The Hall–Kier alpha value is -1.18. The third-order valence-electron chi connectivity index (χ3n) is 2.51. The number of carbonyl (C=O) groups excluding carboxylic acids is 2. The number of nitrogens with two attached hydrogens (primary N) is 1. The summed E-state index contributed by atoms with van der Waals surface area (Å²) in [5, 5.41) is 6.71. The number of hydrogen-bond donors (Lipinski definition) is 3. The lowest BCUT2D eigenvalue weighted by Crippen LogP contribution is -2.26. The predicted molar refractivity (Wildman–Crippen MR) is 69.3 cm³/mol. The highest BCUT2D eigenvalue weighted by Gasteiger charge is 2.11. The van der Waals surface area contributed by atoms with Crippen molar-refractivity contribution in [1.29, 1.82) is 1.43 Å². The van der Waals surface area contributed by atoms with Crippen molar-refractivity contribution in [3.8, 4) is 0 Å². The van der Waals surface area contributed by atoms with E-state index >= 15 is 0 Å². The van der Waals surface area contributed by atoms with Gasteiger partial charge in [0.05, 0.1) is 6.61 Å². The van der Waals surface area contributed by atoms with Gasteiger partial charge in [0.2, 0.25) is 7.34 Å². The molecule has 4 N–H and O–H groups in total. The molecule has 0 aromatic carbocycles. The molecule has 0 heterocycles. The molecule has 0 aliphatic heterocycles. The number of carbonyl (C=O) groups is 2. The molecule has 0 spiro atoms. The zero-order valence-corrected chi connectivity index (χ0v) is 11.4. The van der Waals surface area contributed by atoms with Gasteiger partial charge in [0.25, 0.3) is 0 Å². The molecule has 0 bridgehead atoms. The van der Waals surface area contributed by atoms with Crippen LogP contribution in [0.2, 0.25) is 0 Å². The number of likely N-dealkylation sites (N-methyl/N-ethyl adjacent to an activating group) is 1. The Labute approximate surface area is 114 Å². The number of esters is 1. The van der Waals surface area contributed by atoms with Gasteiger partial charge in [-0.05, 0) is 19.4 Å². The van der Waals surface area contributed by atoms with E-state index in [1.165, 1.54) is 7.05 Å². The summed E-state index contributed by atoms with van der Waals surface area (Å²) in [7, 11) is 1.48. The number of amides is 1. The molecule has 0 aromatic rings. The molecule has 7 heteroatoms. The SMILES string of the molecule is [2H]OCC(CCCCN)COC(=O)COCC(=O)NC. The first kappa shape index (κ1) is 15.9. The maximum Gasteiger partial charge on any atom is 0.332 e.